The van der Waals surface area contributed by atoms with Gasteiger partial charge in [-0.2, -0.15) is 0 Å². The highest BCUT2D eigenvalue weighted by atomic mass is 32.1. The Morgan fingerprint density at radius 1 is 1.45 bits per heavy atom. The number of imidazole rings is 1. The van der Waals surface area contributed by atoms with Crippen molar-refractivity contribution in [3.8, 4) is 0 Å². The van der Waals surface area contributed by atoms with Crippen LogP contribution in [0.2, 0.25) is 0 Å². The molecule has 2 aromatic heterocycles. The zero-order chi connectivity index (χ0) is 13.9. The molecular weight excluding hydrogens is 270 g/mol. The third-order valence-electron chi connectivity index (χ3n) is 3.81. The predicted molar refractivity (Wildman–Crippen MR) is 82.4 cm³/mol. The molecule has 0 radical (unpaired) electrons. The minimum Gasteiger partial charge on any atom is -0.381 e. The third-order valence-corrected chi connectivity index (χ3v) is 4.76. The molecule has 0 saturated heterocycles. The summed E-state index contributed by atoms with van der Waals surface area (Å²) < 4.78 is 7.90. The van der Waals surface area contributed by atoms with E-state index in [4.69, 9.17) is 4.74 Å². The molecule has 1 N–H and O–H groups in total. The van der Waals surface area contributed by atoms with Crippen LogP contribution in [0.3, 0.4) is 0 Å². The molecule has 0 amide bonds. The molecule has 0 unspecified atom stereocenters. The molecule has 110 valence electrons. The Labute approximate surface area is 124 Å². The van der Waals surface area contributed by atoms with Crippen LogP contribution in [0.5, 0.6) is 0 Å². The molecule has 0 aliphatic heterocycles. The monoisotopic (exact) mass is 293 g/mol. The van der Waals surface area contributed by atoms with Crippen molar-refractivity contribution in [2.75, 3.05) is 19.8 Å². The van der Waals surface area contributed by atoms with E-state index in [1.165, 1.54) is 24.2 Å². The summed E-state index contributed by atoms with van der Waals surface area (Å²) in [5.74, 6) is 0.868. The molecule has 0 spiro atoms. The van der Waals surface area contributed by atoms with E-state index in [-0.39, 0.29) is 0 Å². The molecule has 20 heavy (non-hydrogen) atoms. The van der Waals surface area contributed by atoms with E-state index in [9.17, 15) is 0 Å². The van der Waals surface area contributed by atoms with Gasteiger partial charge in [0.05, 0.1) is 11.4 Å². The van der Waals surface area contributed by atoms with Crippen LogP contribution in [0.1, 0.15) is 36.3 Å². The van der Waals surface area contributed by atoms with E-state index >= 15 is 0 Å². The molecule has 1 aliphatic rings. The van der Waals surface area contributed by atoms with Crippen LogP contribution in [0, 0.1) is 19.8 Å². The summed E-state index contributed by atoms with van der Waals surface area (Å²) in [5.41, 5.74) is 3.70. The van der Waals surface area contributed by atoms with E-state index < -0.39 is 0 Å². The largest absolute Gasteiger partial charge is 0.381 e. The molecule has 0 bridgehead atoms. The van der Waals surface area contributed by atoms with E-state index in [2.05, 4.69) is 33.9 Å². The fourth-order valence-corrected chi connectivity index (χ4v) is 3.35. The molecule has 5 heteroatoms. The standard InChI is InChI=1S/C15H23N3OS/c1-11-10-20-15-17-12(2)14(18(11)15)8-16-6-3-7-19-9-13-4-5-13/h10,13,16H,3-9H2,1-2H3. The molecule has 4 nitrogen and oxygen atoms in total. The smallest absolute Gasteiger partial charge is 0.194 e. The summed E-state index contributed by atoms with van der Waals surface area (Å²) in [6.07, 6.45) is 3.82. The van der Waals surface area contributed by atoms with Gasteiger partial charge in [0.25, 0.3) is 0 Å². The quantitative estimate of drug-likeness (QED) is 0.761. The van der Waals surface area contributed by atoms with E-state index in [1.807, 2.05) is 0 Å². The molecule has 2 aromatic rings. The molecule has 0 atom stereocenters. The van der Waals surface area contributed by atoms with Gasteiger partial charge >= 0.3 is 0 Å². The number of aromatic nitrogens is 2. The second kappa shape index (κ2) is 6.24. The van der Waals surface area contributed by atoms with E-state index in [1.54, 1.807) is 11.3 Å². The number of thiazole rings is 1. The molecule has 0 aromatic carbocycles. The number of rotatable bonds is 8. The summed E-state index contributed by atoms with van der Waals surface area (Å²) in [6.45, 7) is 7.96. The van der Waals surface area contributed by atoms with Crippen molar-refractivity contribution < 1.29 is 4.74 Å². The second-order valence-corrected chi connectivity index (χ2v) is 6.52. The second-order valence-electron chi connectivity index (χ2n) is 5.69. The van der Waals surface area contributed by atoms with Gasteiger partial charge in [-0.05, 0) is 45.6 Å². The molecule has 1 aliphatic carbocycles. The Morgan fingerprint density at radius 2 is 2.30 bits per heavy atom. The van der Waals surface area contributed by atoms with Gasteiger partial charge in [-0.3, -0.25) is 4.40 Å². The van der Waals surface area contributed by atoms with Crippen LogP contribution in [-0.4, -0.2) is 29.1 Å². The van der Waals surface area contributed by atoms with Gasteiger partial charge < -0.3 is 10.1 Å². The Bertz CT molecular complexity index is 571. The lowest BCUT2D eigenvalue weighted by Crippen LogP contribution is -2.18. The van der Waals surface area contributed by atoms with E-state index in [0.717, 1.165) is 49.3 Å². The van der Waals surface area contributed by atoms with Gasteiger partial charge in [-0.25, -0.2) is 4.98 Å². The first-order valence-electron chi connectivity index (χ1n) is 7.46. The van der Waals surface area contributed by atoms with Gasteiger partial charge in [0, 0.05) is 30.8 Å². The Kier molecular flexibility index (Phi) is 4.38. The highest BCUT2D eigenvalue weighted by Crippen LogP contribution is 2.28. The number of hydrogen-bond acceptors (Lipinski definition) is 4. The Morgan fingerprint density at radius 3 is 3.10 bits per heavy atom. The van der Waals surface area contributed by atoms with Gasteiger partial charge in [0.15, 0.2) is 4.96 Å². The number of nitrogens with one attached hydrogen (secondary N) is 1. The van der Waals surface area contributed by atoms with Crippen LogP contribution in [-0.2, 0) is 11.3 Å². The number of ether oxygens (including phenoxy) is 1. The number of fused-ring (bicyclic) bond motifs is 1. The first-order valence-corrected chi connectivity index (χ1v) is 8.34. The first-order chi connectivity index (χ1) is 9.75. The van der Waals surface area contributed by atoms with Crippen molar-refractivity contribution >= 4 is 16.3 Å². The van der Waals surface area contributed by atoms with Crippen molar-refractivity contribution in [2.24, 2.45) is 5.92 Å². The zero-order valence-corrected chi connectivity index (χ0v) is 13.1. The van der Waals surface area contributed by atoms with Gasteiger partial charge in [-0.15, -0.1) is 11.3 Å². The molecule has 1 fully saturated rings. The van der Waals surface area contributed by atoms with Crippen LogP contribution in [0.25, 0.3) is 4.96 Å². The summed E-state index contributed by atoms with van der Waals surface area (Å²) in [5, 5.41) is 5.67. The van der Waals surface area contributed by atoms with E-state index in [0.29, 0.717) is 0 Å². The third kappa shape index (κ3) is 3.22. The fraction of sp³-hybridized carbons (Fsp3) is 0.667. The maximum absolute atomic E-state index is 5.64. The lowest BCUT2D eigenvalue weighted by Gasteiger charge is -2.06. The normalized spacial score (nSPS) is 15.3. The van der Waals surface area contributed by atoms with Crippen LogP contribution < -0.4 is 5.32 Å². The molecule has 1 saturated carbocycles. The van der Waals surface area contributed by atoms with Gasteiger partial charge in [0.2, 0.25) is 0 Å². The van der Waals surface area contributed by atoms with Crippen molar-refractivity contribution in [2.45, 2.75) is 39.7 Å². The number of nitrogens with zero attached hydrogens (tertiary/aromatic N) is 2. The van der Waals surface area contributed by atoms with Crippen molar-refractivity contribution in [1.82, 2.24) is 14.7 Å². The topological polar surface area (TPSA) is 38.6 Å². The summed E-state index contributed by atoms with van der Waals surface area (Å²) in [4.78, 5) is 5.71. The predicted octanol–water partition coefficient (Wildman–Crippen LogP) is 2.92. The average Bonchev–Trinajstić information content (AvgIpc) is 3.11. The van der Waals surface area contributed by atoms with Crippen LogP contribution in [0.15, 0.2) is 5.38 Å². The minimum atomic E-state index is 0.868. The summed E-state index contributed by atoms with van der Waals surface area (Å²) >= 11 is 1.71. The fourth-order valence-electron chi connectivity index (χ4n) is 2.42. The number of aryl methyl sites for hydroxylation is 2. The van der Waals surface area contributed by atoms with Crippen LogP contribution >= 0.6 is 11.3 Å². The summed E-state index contributed by atoms with van der Waals surface area (Å²) in [6, 6.07) is 0. The highest BCUT2D eigenvalue weighted by molar-refractivity contribution is 7.15. The highest BCUT2D eigenvalue weighted by Gasteiger charge is 2.20. The van der Waals surface area contributed by atoms with Gasteiger partial charge in [0.1, 0.15) is 0 Å². The molecule has 2 heterocycles. The van der Waals surface area contributed by atoms with Crippen LogP contribution in [0.4, 0.5) is 0 Å². The maximum atomic E-state index is 5.64. The molecular formula is C15H23N3OS. The Hall–Kier alpha value is -0.910. The minimum absolute atomic E-state index is 0.868. The maximum Gasteiger partial charge on any atom is 0.194 e. The lowest BCUT2D eigenvalue weighted by molar-refractivity contribution is 0.122. The average molecular weight is 293 g/mol. The van der Waals surface area contributed by atoms with Gasteiger partial charge in [-0.1, -0.05) is 0 Å². The lowest BCUT2D eigenvalue weighted by atomic mass is 10.3. The zero-order valence-electron chi connectivity index (χ0n) is 12.3. The summed E-state index contributed by atoms with van der Waals surface area (Å²) in [7, 11) is 0. The first kappa shape index (κ1) is 14.0. The number of hydrogen-bond donors (Lipinski definition) is 1. The van der Waals surface area contributed by atoms with Crippen molar-refractivity contribution in [3.05, 3.63) is 22.5 Å². The van der Waals surface area contributed by atoms with Crippen molar-refractivity contribution in [3.63, 3.8) is 0 Å². The Balaban J connectivity index is 1.42. The molecule has 3 rings (SSSR count). The van der Waals surface area contributed by atoms with Crippen molar-refractivity contribution in [1.29, 1.82) is 0 Å². The SMILES string of the molecule is Cc1nc2scc(C)n2c1CNCCCOCC1CC1.